The van der Waals surface area contributed by atoms with E-state index in [0.29, 0.717) is 11.5 Å². The van der Waals surface area contributed by atoms with Crippen molar-refractivity contribution in [3.05, 3.63) is 35.7 Å². The molecule has 1 saturated carbocycles. The van der Waals surface area contributed by atoms with Gasteiger partial charge in [-0.05, 0) is 48.1 Å². The summed E-state index contributed by atoms with van der Waals surface area (Å²) in [5.74, 6) is 0.0536. The quantitative estimate of drug-likeness (QED) is 0.830. The Kier molecular flexibility index (Phi) is 3.88. The maximum atomic E-state index is 13.5. The van der Waals surface area contributed by atoms with Crippen LogP contribution in [-0.4, -0.2) is 24.7 Å². The van der Waals surface area contributed by atoms with Gasteiger partial charge in [0.1, 0.15) is 5.82 Å². The van der Waals surface area contributed by atoms with Gasteiger partial charge in [-0.25, -0.2) is 9.18 Å². The van der Waals surface area contributed by atoms with Crippen LogP contribution in [0.25, 0.3) is 6.08 Å². The number of carbonyl (C=O) groups is 1. The van der Waals surface area contributed by atoms with E-state index in [1.165, 1.54) is 24.6 Å². The average molecular weight is 263 g/mol. The van der Waals surface area contributed by atoms with Crippen LogP contribution in [0.3, 0.4) is 0 Å². The number of aliphatic carboxylic acids is 1. The molecule has 0 radical (unpaired) electrons. The molecular formula is C15H18FNO2. The molecule has 0 heterocycles. The molecule has 2 atom stereocenters. The highest BCUT2D eigenvalue weighted by atomic mass is 19.1. The van der Waals surface area contributed by atoms with Crippen LogP contribution in [0.5, 0.6) is 0 Å². The van der Waals surface area contributed by atoms with Crippen molar-refractivity contribution in [3.8, 4) is 0 Å². The summed E-state index contributed by atoms with van der Waals surface area (Å²) >= 11 is 0. The Bertz CT molecular complexity index is 513. The third-order valence-corrected chi connectivity index (χ3v) is 3.55. The summed E-state index contributed by atoms with van der Waals surface area (Å²) in [6.45, 7) is 3.12. The molecule has 0 amide bonds. The Morgan fingerprint density at radius 1 is 1.53 bits per heavy atom. The van der Waals surface area contributed by atoms with Gasteiger partial charge in [0.25, 0.3) is 0 Å². The van der Waals surface area contributed by atoms with Gasteiger partial charge in [0.05, 0.1) is 0 Å². The number of halogens is 1. The first-order valence-corrected chi connectivity index (χ1v) is 6.38. The van der Waals surface area contributed by atoms with Crippen LogP contribution in [-0.2, 0) is 4.79 Å². The summed E-state index contributed by atoms with van der Waals surface area (Å²) in [7, 11) is 1.94. The first-order chi connectivity index (χ1) is 8.95. The van der Waals surface area contributed by atoms with Crippen LogP contribution in [0.1, 0.15) is 18.9 Å². The number of rotatable bonds is 5. The highest BCUT2D eigenvalue weighted by Gasteiger charge is 2.33. The maximum absolute atomic E-state index is 13.5. The highest BCUT2D eigenvalue weighted by Crippen LogP contribution is 2.38. The topological polar surface area (TPSA) is 40.5 Å². The van der Waals surface area contributed by atoms with Crippen LogP contribution in [0.15, 0.2) is 24.3 Å². The number of carboxylic acid groups (broad SMARTS) is 1. The van der Waals surface area contributed by atoms with Gasteiger partial charge < -0.3 is 10.0 Å². The summed E-state index contributed by atoms with van der Waals surface area (Å²) in [4.78, 5) is 12.5. The van der Waals surface area contributed by atoms with Gasteiger partial charge in [-0.2, -0.15) is 0 Å². The molecule has 0 bridgehead atoms. The second-order valence-electron chi connectivity index (χ2n) is 5.27. The van der Waals surface area contributed by atoms with E-state index in [1.54, 1.807) is 6.07 Å². The maximum Gasteiger partial charge on any atom is 0.328 e. The molecule has 102 valence electrons. The van der Waals surface area contributed by atoms with Gasteiger partial charge in [0.15, 0.2) is 0 Å². The van der Waals surface area contributed by atoms with Crippen molar-refractivity contribution in [1.82, 2.24) is 0 Å². The zero-order valence-corrected chi connectivity index (χ0v) is 11.1. The van der Waals surface area contributed by atoms with E-state index in [-0.39, 0.29) is 5.82 Å². The fourth-order valence-corrected chi connectivity index (χ4v) is 2.19. The summed E-state index contributed by atoms with van der Waals surface area (Å²) < 4.78 is 13.5. The minimum Gasteiger partial charge on any atom is -0.478 e. The first-order valence-electron chi connectivity index (χ1n) is 6.38. The molecule has 3 nitrogen and oxygen atoms in total. The molecule has 0 aliphatic heterocycles. The van der Waals surface area contributed by atoms with Gasteiger partial charge in [-0.15, -0.1) is 0 Å². The molecule has 1 aromatic rings. The monoisotopic (exact) mass is 263 g/mol. The summed E-state index contributed by atoms with van der Waals surface area (Å²) in [6, 6.07) is 4.61. The molecular weight excluding hydrogens is 245 g/mol. The van der Waals surface area contributed by atoms with Crippen molar-refractivity contribution in [3.63, 3.8) is 0 Å². The van der Waals surface area contributed by atoms with Gasteiger partial charge in [0.2, 0.25) is 0 Å². The molecule has 19 heavy (non-hydrogen) atoms. The van der Waals surface area contributed by atoms with Gasteiger partial charge in [-0.1, -0.05) is 6.92 Å². The number of nitrogens with zero attached hydrogens (tertiary/aromatic N) is 1. The lowest BCUT2D eigenvalue weighted by molar-refractivity contribution is -0.131. The lowest BCUT2D eigenvalue weighted by Crippen LogP contribution is -2.20. The molecule has 1 N–H and O–H groups in total. The number of hydrogen-bond acceptors (Lipinski definition) is 2. The Morgan fingerprint density at radius 2 is 2.21 bits per heavy atom. The lowest BCUT2D eigenvalue weighted by Gasteiger charge is -2.20. The molecule has 0 aromatic heterocycles. The third-order valence-electron chi connectivity index (χ3n) is 3.55. The predicted molar refractivity (Wildman–Crippen MR) is 73.6 cm³/mol. The van der Waals surface area contributed by atoms with Crippen LogP contribution in [0, 0.1) is 17.7 Å². The fourth-order valence-electron chi connectivity index (χ4n) is 2.19. The van der Waals surface area contributed by atoms with Gasteiger partial charge >= 0.3 is 5.97 Å². The number of carboxylic acids is 1. The molecule has 2 unspecified atom stereocenters. The SMILES string of the molecule is CC1CC1CN(C)c1cc(F)cc(/C=C/C(=O)O)c1. The Balaban J connectivity index is 2.13. The van der Waals surface area contributed by atoms with Crippen LogP contribution < -0.4 is 4.90 Å². The van der Waals surface area contributed by atoms with Crippen molar-refractivity contribution < 1.29 is 14.3 Å². The Morgan fingerprint density at radius 3 is 2.79 bits per heavy atom. The fraction of sp³-hybridized carbons (Fsp3) is 0.400. The number of anilines is 1. The number of benzene rings is 1. The molecule has 4 heteroatoms. The minimum absolute atomic E-state index is 0.349. The van der Waals surface area contributed by atoms with E-state index in [2.05, 4.69) is 6.92 Å². The van der Waals surface area contributed by atoms with Gasteiger partial charge in [-0.3, -0.25) is 0 Å². The van der Waals surface area contributed by atoms with Crippen molar-refractivity contribution in [2.75, 3.05) is 18.5 Å². The average Bonchev–Trinajstić information content (AvgIpc) is 3.01. The third kappa shape index (κ3) is 3.81. The predicted octanol–water partition coefficient (Wildman–Crippen LogP) is 3.02. The summed E-state index contributed by atoms with van der Waals surface area (Å²) in [5.41, 5.74) is 1.34. The normalized spacial score (nSPS) is 21.6. The standard InChI is InChI=1S/C15H18FNO2/c1-10-5-12(10)9-17(2)14-7-11(3-4-15(18)19)6-13(16)8-14/h3-4,6-8,10,12H,5,9H2,1-2H3,(H,18,19)/b4-3+. The van der Waals surface area contributed by atoms with E-state index in [4.69, 9.17) is 5.11 Å². The molecule has 1 aromatic carbocycles. The second kappa shape index (κ2) is 5.43. The second-order valence-corrected chi connectivity index (χ2v) is 5.27. The molecule has 1 aliphatic carbocycles. The van der Waals surface area contributed by atoms with Crippen LogP contribution >= 0.6 is 0 Å². The molecule has 0 saturated heterocycles. The van der Waals surface area contributed by atoms with Gasteiger partial charge in [0, 0.05) is 25.4 Å². The minimum atomic E-state index is -1.04. The van der Waals surface area contributed by atoms with E-state index >= 15 is 0 Å². The van der Waals surface area contributed by atoms with Crippen LogP contribution in [0.4, 0.5) is 10.1 Å². The summed E-state index contributed by atoms with van der Waals surface area (Å²) in [6.07, 6.45) is 3.65. The van der Waals surface area contributed by atoms with Crippen LogP contribution in [0.2, 0.25) is 0 Å². The molecule has 0 spiro atoms. The highest BCUT2D eigenvalue weighted by molar-refractivity contribution is 5.85. The Labute approximate surface area is 112 Å². The first kappa shape index (κ1) is 13.6. The molecule has 2 rings (SSSR count). The van der Waals surface area contributed by atoms with E-state index in [1.807, 2.05) is 11.9 Å². The smallest absolute Gasteiger partial charge is 0.328 e. The summed E-state index contributed by atoms with van der Waals surface area (Å²) in [5, 5.41) is 8.59. The van der Waals surface area contributed by atoms with E-state index in [0.717, 1.165) is 24.2 Å². The van der Waals surface area contributed by atoms with E-state index < -0.39 is 5.97 Å². The van der Waals surface area contributed by atoms with Crippen molar-refractivity contribution >= 4 is 17.7 Å². The van der Waals surface area contributed by atoms with Crippen molar-refractivity contribution in [2.24, 2.45) is 11.8 Å². The van der Waals surface area contributed by atoms with Crippen molar-refractivity contribution in [1.29, 1.82) is 0 Å². The van der Waals surface area contributed by atoms with E-state index in [9.17, 15) is 9.18 Å². The Hall–Kier alpha value is -1.84. The van der Waals surface area contributed by atoms with Crippen molar-refractivity contribution in [2.45, 2.75) is 13.3 Å². The number of hydrogen-bond donors (Lipinski definition) is 1. The largest absolute Gasteiger partial charge is 0.478 e. The molecule has 1 aliphatic rings. The molecule has 1 fully saturated rings. The zero-order chi connectivity index (χ0) is 14.0. The lowest BCUT2D eigenvalue weighted by atomic mass is 10.1. The zero-order valence-electron chi connectivity index (χ0n) is 11.1.